The van der Waals surface area contributed by atoms with Gasteiger partial charge in [-0.2, -0.15) is 0 Å². The average Bonchev–Trinajstić information content (AvgIpc) is 3.09. The van der Waals surface area contributed by atoms with Gasteiger partial charge in [-0.15, -0.1) is 0 Å². The van der Waals surface area contributed by atoms with Gasteiger partial charge >= 0.3 is 19.8 Å². The van der Waals surface area contributed by atoms with Crippen LogP contribution in [-0.4, -0.2) is 74.9 Å². The number of phosphoric ester groups is 1. The van der Waals surface area contributed by atoms with Crippen LogP contribution < -0.4 is 0 Å². The van der Waals surface area contributed by atoms with Crippen molar-refractivity contribution in [3.63, 3.8) is 0 Å². The summed E-state index contributed by atoms with van der Waals surface area (Å²) in [5.74, 6) is -0.827. The number of ether oxygens (including phenoxy) is 2. The minimum Gasteiger partial charge on any atom is -0.462 e. The fraction of sp³-hybridized carbons (Fsp3) is 0.810. The van der Waals surface area contributed by atoms with Crippen LogP contribution in [0.5, 0.6) is 0 Å². The maximum absolute atomic E-state index is 12.6. The molecule has 1 N–H and O–H groups in total. The second-order valence-electron chi connectivity index (χ2n) is 15.0. The summed E-state index contributed by atoms with van der Waals surface area (Å²) < 4.78 is 34.2. The van der Waals surface area contributed by atoms with Crippen molar-refractivity contribution in [2.24, 2.45) is 0 Å². The molecular formula is C42H79NO8P+. The molecule has 0 aliphatic rings. The Balaban J connectivity index is 4.44. The molecule has 0 heterocycles. The zero-order valence-electron chi connectivity index (χ0n) is 34.0. The minimum absolute atomic E-state index is 0.0271. The molecule has 52 heavy (non-hydrogen) atoms. The molecule has 0 radical (unpaired) electrons. The van der Waals surface area contributed by atoms with E-state index in [0.717, 1.165) is 77.0 Å². The zero-order chi connectivity index (χ0) is 38.6. The Morgan fingerprint density at radius 3 is 1.58 bits per heavy atom. The van der Waals surface area contributed by atoms with Crippen LogP contribution in [0.15, 0.2) is 36.5 Å². The molecule has 304 valence electrons. The van der Waals surface area contributed by atoms with Crippen LogP contribution in [0.2, 0.25) is 0 Å². The van der Waals surface area contributed by atoms with Crippen molar-refractivity contribution in [1.82, 2.24) is 0 Å². The summed E-state index contributed by atoms with van der Waals surface area (Å²) in [6.07, 6.45) is 37.6. The summed E-state index contributed by atoms with van der Waals surface area (Å²) >= 11 is 0. The fourth-order valence-corrected chi connectivity index (χ4v) is 6.07. The van der Waals surface area contributed by atoms with Crippen LogP contribution in [0.1, 0.15) is 168 Å². The molecule has 0 aromatic rings. The van der Waals surface area contributed by atoms with Crippen molar-refractivity contribution in [3.05, 3.63) is 36.5 Å². The zero-order valence-corrected chi connectivity index (χ0v) is 34.9. The smallest absolute Gasteiger partial charge is 0.462 e. The lowest BCUT2D eigenvalue weighted by Crippen LogP contribution is -2.37. The molecule has 0 saturated heterocycles. The van der Waals surface area contributed by atoms with Gasteiger partial charge in [0.25, 0.3) is 0 Å². The van der Waals surface area contributed by atoms with E-state index in [1.807, 2.05) is 21.1 Å². The summed E-state index contributed by atoms with van der Waals surface area (Å²) in [4.78, 5) is 35.2. The summed E-state index contributed by atoms with van der Waals surface area (Å²) in [5, 5.41) is 0. The number of phosphoric acid groups is 1. The van der Waals surface area contributed by atoms with Gasteiger partial charge in [0, 0.05) is 12.8 Å². The Bertz CT molecular complexity index is 991. The predicted octanol–water partition coefficient (Wildman–Crippen LogP) is 11.4. The van der Waals surface area contributed by atoms with E-state index in [4.69, 9.17) is 18.5 Å². The van der Waals surface area contributed by atoms with Gasteiger partial charge in [0.15, 0.2) is 6.10 Å². The van der Waals surface area contributed by atoms with Crippen molar-refractivity contribution < 1.29 is 42.1 Å². The average molecular weight is 757 g/mol. The number of hydrogen-bond acceptors (Lipinski definition) is 7. The summed E-state index contributed by atoms with van der Waals surface area (Å²) in [6.45, 7) is 4.34. The van der Waals surface area contributed by atoms with E-state index < -0.39 is 26.5 Å². The Morgan fingerprint density at radius 1 is 0.596 bits per heavy atom. The number of rotatable bonds is 37. The second-order valence-corrected chi connectivity index (χ2v) is 16.5. The monoisotopic (exact) mass is 757 g/mol. The lowest BCUT2D eigenvalue weighted by Gasteiger charge is -2.24. The number of allylic oxidation sites excluding steroid dienone is 6. The molecule has 0 amide bonds. The Morgan fingerprint density at radius 2 is 1.04 bits per heavy atom. The number of likely N-dealkylation sites (N-methyl/N-ethyl adjacent to an activating group) is 1. The van der Waals surface area contributed by atoms with E-state index in [0.29, 0.717) is 17.4 Å². The van der Waals surface area contributed by atoms with E-state index >= 15 is 0 Å². The number of carbonyl (C=O) groups excluding carboxylic acids is 2. The molecule has 0 aromatic heterocycles. The molecule has 2 unspecified atom stereocenters. The van der Waals surface area contributed by atoms with Gasteiger partial charge in [0.2, 0.25) is 0 Å². The highest BCUT2D eigenvalue weighted by molar-refractivity contribution is 7.47. The van der Waals surface area contributed by atoms with Crippen LogP contribution in [0.4, 0.5) is 0 Å². The molecule has 0 aliphatic heterocycles. The molecule has 0 aliphatic carbocycles. The van der Waals surface area contributed by atoms with Crippen molar-refractivity contribution in [3.8, 4) is 0 Å². The van der Waals surface area contributed by atoms with Crippen molar-refractivity contribution in [1.29, 1.82) is 0 Å². The van der Waals surface area contributed by atoms with Crippen LogP contribution in [0, 0.1) is 0 Å². The lowest BCUT2D eigenvalue weighted by molar-refractivity contribution is -0.870. The number of hydrogen-bond donors (Lipinski definition) is 1. The van der Waals surface area contributed by atoms with Gasteiger partial charge in [0.1, 0.15) is 19.8 Å². The molecule has 0 saturated carbocycles. The molecule has 0 spiro atoms. The SMILES string of the molecule is CCCCC/C=C\CCCCCCCC(=O)OCC(COP(=O)(O)OCC[N+](C)(C)C)OC(=O)CCCCCCC/C=C\C/C=C\CCCCCC. The predicted molar refractivity (Wildman–Crippen MR) is 215 cm³/mol. The first-order valence-electron chi connectivity index (χ1n) is 20.7. The molecular weight excluding hydrogens is 677 g/mol. The van der Waals surface area contributed by atoms with Gasteiger partial charge in [-0.05, 0) is 70.6 Å². The van der Waals surface area contributed by atoms with Gasteiger partial charge in [-0.1, -0.05) is 121 Å². The number of nitrogens with zero attached hydrogens (tertiary/aromatic N) is 1. The number of quaternary nitrogens is 1. The maximum atomic E-state index is 12.6. The molecule has 0 aromatic carbocycles. The number of unbranched alkanes of at least 4 members (excludes halogenated alkanes) is 17. The van der Waals surface area contributed by atoms with E-state index in [1.165, 1.54) is 57.8 Å². The quantitative estimate of drug-likeness (QED) is 0.0219. The third-order valence-electron chi connectivity index (χ3n) is 8.64. The van der Waals surface area contributed by atoms with E-state index in [9.17, 15) is 19.0 Å². The molecule has 2 atom stereocenters. The summed E-state index contributed by atoms with van der Waals surface area (Å²) in [6, 6.07) is 0. The van der Waals surface area contributed by atoms with Gasteiger partial charge < -0.3 is 18.9 Å². The molecule has 0 fully saturated rings. The first-order valence-corrected chi connectivity index (χ1v) is 22.2. The van der Waals surface area contributed by atoms with Crippen LogP contribution >= 0.6 is 7.82 Å². The Hall–Kier alpha value is -1.77. The van der Waals surface area contributed by atoms with E-state index in [2.05, 4.69) is 50.3 Å². The van der Waals surface area contributed by atoms with Gasteiger partial charge in [-0.3, -0.25) is 18.6 Å². The summed E-state index contributed by atoms with van der Waals surface area (Å²) in [7, 11) is 1.46. The maximum Gasteiger partial charge on any atom is 0.472 e. The highest BCUT2D eigenvalue weighted by atomic mass is 31.2. The van der Waals surface area contributed by atoms with Crippen molar-refractivity contribution >= 4 is 19.8 Å². The Kier molecular flexibility index (Phi) is 33.8. The van der Waals surface area contributed by atoms with Crippen LogP contribution in [-0.2, 0) is 32.7 Å². The van der Waals surface area contributed by atoms with Gasteiger partial charge in [0.05, 0.1) is 27.7 Å². The van der Waals surface area contributed by atoms with Crippen molar-refractivity contribution in [2.45, 2.75) is 174 Å². The number of carbonyl (C=O) groups is 2. The second kappa shape index (κ2) is 35.0. The Labute approximate surface area is 319 Å². The van der Waals surface area contributed by atoms with E-state index in [-0.39, 0.29) is 32.0 Å². The highest BCUT2D eigenvalue weighted by Gasteiger charge is 2.27. The molecule has 9 nitrogen and oxygen atoms in total. The van der Waals surface area contributed by atoms with Crippen LogP contribution in [0.3, 0.4) is 0 Å². The first kappa shape index (κ1) is 50.2. The lowest BCUT2D eigenvalue weighted by atomic mass is 10.1. The normalized spacial score (nSPS) is 14.0. The van der Waals surface area contributed by atoms with E-state index in [1.54, 1.807) is 0 Å². The van der Waals surface area contributed by atoms with Crippen LogP contribution in [0.25, 0.3) is 0 Å². The molecule has 0 rings (SSSR count). The first-order chi connectivity index (χ1) is 25.0. The number of esters is 2. The molecule has 0 bridgehead atoms. The standard InChI is InChI=1S/C42H78NO8P/c1-6-8-10-12-14-16-18-20-21-22-23-25-27-29-31-33-35-42(45)51-40(39-50-52(46,47)49-37-36-43(3,4)5)38-48-41(44)34-32-30-28-26-24-19-17-15-13-11-9-7-2/h15-18,21-22,40H,6-14,19-20,23-39H2,1-5H3/p+1/b17-15-,18-16-,22-21-. The fourth-order valence-electron chi connectivity index (χ4n) is 5.33. The third kappa shape index (κ3) is 38.0. The molecule has 10 heteroatoms. The summed E-state index contributed by atoms with van der Waals surface area (Å²) in [5.41, 5.74) is 0. The minimum atomic E-state index is -4.37. The largest absolute Gasteiger partial charge is 0.472 e. The topological polar surface area (TPSA) is 108 Å². The van der Waals surface area contributed by atoms with Crippen molar-refractivity contribution in [2.75, 3.05) is 47.5 Å². The van der Waals surface area contributed by atoms with Gasteiger partial charge in [-0.25, -0.2) is 4.57 Å². The highest BCUT2D eigenvalue weighted by Crippen LogP contribution is 2.43. The third-order valence-corrected chi connectivity index (χ3v) is 9.63.